The highest BCUT2D eigenvalue weighted by molar-refractivity contribution is 5.73. The van der Waals surface area contributed by atoms with Crippen molar-refractivity contribution in [2.24, 2.45) is 5.73 Å². The van der Waals surface area contributed by atoms with Gasteiger partial charge in [0.05, 0.1) is 5.69 Å². The summed E-state index contributed by atoms with van der Waals surface area (Å²) in [7, 11) is 0. The third-order valence-corrected chi connectivity index (χ3v) is 3.87. The molecule has 27 heavy (non-hydrogen) atoms. The summed E-state index contributed by atoms with van der Waals surface area (Å²) >= 11 is 0. The smallest absolute Gasteiger partial charge is 0.320 e. The maximum absolute atomic E-state index is 10.9. The molecule has 5 N–H and O–H groups in total. The molecular weight excluding hydrogens is 340 g/mol. The van der Waals surface area contributed by atoms with E-state index < -0.39 is 12.0 Å². The fraction of sp³-hybridized carbons (Fsp3) is 0.0952. The number of nitrogen functional groups attached to an aromatic ring is 1. The number of carboxylic acids is 1. The Morgan fingerprint density at radius 3 is 2.41 bits per heavy atom. The summed E-state index contributed by atoms with van der Waals surface area (Å²) in [4.78, 5) is 19.3. The topological polar surface area (TPSA) is 115 Å². The van der Waals surface area contributed by atoms with Crippen LogP contribution in [0.1, 0.15) is 16.8 Å². The lowest BCUT2D eigenvalue weighted by atomic mass is 10.0. The number of aliphatic carboxylic acids is 1. The van der Waals surface area contributed by atoms with Crippen LogP contribution in [0.2, 0.25) is 0 Å². The SMILES string of the molecule is Nc1nc(C#Cc2ccccc2)cc(-c2ccc(C[C@H](N)C(=O)O)cc2)n1. The van der Waals surface area contributed by atoms with Crippen LogP contribution in [0.5, 0.6) is 0 Å². The van der Waals surface area contributed by atoms with Crippen molar-refractivity contribution in [3.8, 4) is 23.1 Å². The van der Waals surface area contributed by atoms with Crippen LogP contribution in [0.15, 0.2) is 60.7 Å². The second kappa shape index (κ2) is 8.13. The Kier molecular flexibility index (Phi) is 5.45. The van der Waals surface area contributed by atoms with E-state index in [1.165, 1.54) is 0 Å². The van der Waals surface area contributed by atoms with E-state index >= 15 is 0 Å². The Morgan fingerprint density at radius 1 is 1.04 bits per heavy atom. The van der Waals surface area contributed by atoms with Gasteiger partial charge >= 0.3 is 5.97 Å². The summed E-state index contributed by atoms with van der Waals surface area (Å²) in [6.07, 6.45) is 0.259. The number of anilines is 1. The third kappa shape index (κ3) is 4.91. The molecule has 0 aliphatic heterocycles. The van der Waals surface area contributed by atoms with Crippen molar-refractivity contribution in [2.45, 2.75) is 12.5 Å². The average Bonchev–Trinajstić information content (AvgIpc) is 2.67. The van der Waals surface area contributed by atoms with Gasteiger partial charge < -0.3 is 16.6 Å². The van der Waals surface area contributed by atoms with Crippen molar-refractivity contribution in [2.75, 3.05) is 5.73 Å². The molecule has 0 fully saturated rings. The van der Waals surface area contributed by atoms with E-state index in [-0.39, 0.29) is 12.4 Å². The molecule has 6 heteroatoms. The normalized spacial score (nSPS) is 11.3. The summed E-state index contributed by atoms with van der Waals surface area (Å²) in [5, 5.41) is 8.90. The highest BCUT2D eigenvalue weighted by atomic mass is 16.4. The summed E-state index contributed by atoms with van der Waals surface area (Å²) in [5.74, 6) is 5.16. The second-order valence-corrected chi connectivity index (χ2v) is 5.96. The zero-order chi connectivity index (χ0) is 19.2. The fourth-order valence-corrected chi connectivity index (χ4v) is 2.49. The van der Waals surface area contributed by atoms with Gasteiger partial charge in [-0.05, 0) is 36.1 Å². The highest BCUT2D eigenvalue weighted by Crippen LogP contribution is 2.19. The van der Waals surface area contributed by atoms with Crippen LogP contribution in [-0.2, 0) is 11.2 Å². The first-order valence-electron chi connectivity index (χ1n) is 8.30. The van der Waals surface area contributed by atoms with Crippen molar-refractivity contribution in [1.29, 1.82) is 0 Å². The number of nitrogens with zero attached hydrogens (tertiary/aromatic N) is 2. The molecule has 1 heterocycles. The number of carbonyl (C=O) groups is 1. The van der Waals surface area contributed by atoms with Crippen molar-refractivity contribution in [1.82, 2.24) is 9.97 Å². The van der Waals surface area contributed by atoms with Gasteiger partial charge in [-0.3, -0.25) is 4.79 Å². The van der Waals surface area contributed by atoms with Gasteiger partial charge in [0, 0.05) is 11.1 Å². The van der Waals surface area contributed by atoms with Crippen LogP contribution in [0.25, 0.3) is 11.3 Å². The van der Waals surface area contributed by atoms with Gasteiger partial charge in [0.25, 0.3) is 0 Å². The Labute approximate surface area is 156 Å². The highest BCUT2D eigenvalue weighted by Gasteiger charge is 2.12. The average molecular weight is 358 g/mol. The monoisotopic (exact) mass is 358 g/mol. The molecular formula is C21H18N4O2. The lowest BCUT2D eigenvalue weighted by Gasteiger charge is -2.08. The maximum atomic E-state index is 10.9. The van der Waals surface area contributed by atoms with E-state index in [0.29, 0.717) is 11.4 Å². The van der Waals surface area contributed by atoms with Crippen molar-refractivity contribution in [3.63, 3.8) is 0 Å². The second-order valence-electron chi connectivity index (χ2n) is 5.96. The summed E-state index contributed by atoms with van der Waals surface area (Å²) in [6, 6.07) is 17.8. The molecule has 0 saturated carbocycles. The van der Waals surface area contributed by atoms with Gasteiger partial charge in [0.15, 0.2) is 0 Å². The minimum Gasteiger partial charge on any atom is -0.480 e. The summed E-state index contributed by atoms with van der Waals surface area (Å²) in [5.41, 5.74) is 15.1. The van der Waals surface area contributed by atoms with E-state index in [1.54, 1.807) is 6.07 Å². The van der Waals surface area contributed by atoms with E-state index in [4.69, 9.17) is 16.6 Å². The molecule has 0 unspecified atom stereocenters. The zero-order valence-electron chi connectivity index (χ0n) is 14.5. The molecule has 1 aromatic heterocycles. The largest absolute Gasteiger partial charge is 0.480 e. The molecule has 6 nitrogen and oxygen atoms in total. The lowest BCUT2D eigenvalue weighted by molar-refractivity contribution is -0.138. The molecule has 1 atom stereocenters. The maximum Gasteiger partial charge on any atom is 0.320 e. The molecule has 0 aliphatic rings. The quantitative estimate of drug-likeness (QED) is 0.615. The molecule has 0 saturated heterocycles. The number of hydrogen-bond acceptors (Lipinski definition) is 5. The standard InChI is InChI=1S/C21H18N4O2/c22-18(20(26)27)12-15-6-9-16(10-7-15)19-13-17(24-21(23)25-19)11-8-14-4-2-1-3-5-14/h1-7,9-10,13,18H,12,22H2,(H,26,27)(H2,23,24,25)/t18-/m0/s1. The van der Waals surface area contributed by atoms with Crippen LogP contribution in [0.4, 0.5) is 5.95 Å². The summed E-state index contributed by atoms with van der Waals surface area (Å²) < 4.78 is 0. The van der Waals surface area contributed by atoms with Crippen LogP contribution < -0.4 is 11.5 Å². The number of nitrogens with two attached hydrogens (primary N) is 2. The molecule has 134 valence electrons. The first-order chi connectivity index (χ1) is 13.0. The number of aromatic nitrogens is 2. The predicted octanol–water partition coefficient (Wildman–Crippen LogP) is 2.08. The fourth-order valence-electron chi connectivity index (χ4n) is 2.49. The van der Waals surface area contributed by atoms with Gasteiger partial charge in [-0.2, -0.15) is 0 Å². The van der Waals surface area contributed by atoms with E-state index in [2.05, 4.69) is 21.8 Å². The minimum atomic E-state index is -1.02. The van der Waals surface area contributed by atoms with Gasteiger partial charge in [-0.25, -0.2) is 9.97 Å². The van der Waals surface area contributed by atoms with Gasteiger partial charge in [-0.15, -0.1) is 0 Å². The predicted molar refractivity (Wildman–Crippen MR) is 104 cm³/mol. The molecule has 3 aromatic rings. The summed E-state index contributed by atoms with van der Waals surface area (Å²) in [6.45, 7) is 0. The number of rotatable bonds is 4. The molecule has 3 rings (SSSR count). The van der Waals surface area contributed by atoms with E-state index in [1.807, 2.05) is 54.6 Å². The van der Waals surface area contributed by atoms with Gasteiger partial charge in [0.2, 0.25) is 5.95 Å². The molecule has 2 aromatic carbocycles. The van der Waals surface area contributed by atoms with Crippen LogP contribution in [0.3, 0.4) is 0 Å². The third-order valence-electron chi connectivity index (χ3n) is 3.87. The van der Waals surface area contributed by atoms with E-state index in [9.17, 15) is 4.79 Å². The first-order valence-corrected chi connectivity index (χ1v) is 8.30. The molecule has 0 amide bonds. The lowest BCUT2D eigenvalue weighted by Crippen LogP contribution is -2.32. The molecule has 0 bridgehead atoms. The minimum absolute atomic E-state index is 0.141. The zero-order valence-corrected chi connectivity index (χ0v) is 14.5. The first kappa shape index (κ1) is 18.1. The van der Waals surface area contributed by atoms with E-state index in [0.717, 1.165) is 16.7 Å². The van der Waals surface area contributed by atoms with Gasteiger partial charge in [0.1, 0.15) is 11.7 Å². The number of benzene rings is 2. The molecule has 0 aliphatic carbocycles. The van der Waals surface area contributed by atoms with Crippen LogP contribution in [-0.4, -0.2) is 27.1 Å². The van der Waals surface area contributed by atoms with Crippen LogP contribution in [0, 0.1) is 11.8 Å². The van der Waals surface area contributed by atoms with Crippen LogP contribution >= 0.6 is 0 Å². The molecule has 0 radical (unpaired) electrons. The Bertz CT molecular complexity index is 1010. The number of carboxylic acid groups (broad SMARTS) is 1. The van der Waals surface area contributed by atoms with Crippen molar-refractivity contribution >= 4 is 11.9 Å². The van der Waals surface area contributed by atoms with Gasteiger partial charge in [-0.1, -0.05) is 48.4 Å². The Balaban J connectivity index is 1.84. The molecule has 0 spiro atoms. The Morgan fingerprint density at radius 2 is 1.74 bits per heavy atom. The van der Waals surface area contributed by atoms with Crippen molar-refractivity contribution in [3.05, 3.63) is 77.5 Å². The number of hydrogen-bond donors (Lipinski definition) is 3. The Hall–Kier alpha value is -3.69. The van der Waals surface area contributed by atoms with Crippen molar-refractivity contribution < 1.29 is 9.90 Å².